The number of rotatable bonds is 6. The second-order valence-corrected chi connectivity index (χ2v) is 12.1. The highest BCUT2D eigenvalue weighted by atomic mass is 127. The van der Waals surface area contributed by atoms with E-state index in [2.05, 4.69) is 72.5 Å². The highest BCUT2D eigenvalue weighted by Crippen LogP contribution is 2.31. The number of alkyl halides is 3. The van der Waals surface area contributed by atoms with Gasteiger partial charge in [-0.1, -0.05) is 12.1 Å². The first-order valence-corrected chi connectivity index (χ1v) is 14.1. The van der Waals surface area contributed by atoms with Gasteiger partial charge >= 0.3 is 18.1 Å². The van der Waals surface area contributed by atoms with Crippen molar-refractivity contribution in [3.05, 3.63) is 70.4 Å². The third-order valence-electron chi connectivity index (χ3n) is 4.45. The minimum absolute atomic E-state index is 0.211. The molecule has 3 aromatic carbocycles. The Labute approximate surface area is 237 Å². The molecule has 14 heteroatoms. The van der Waals surface area contributed by atoms with Crippen molar-refractivity contribution in [3.8, 4) is 5.75 Å². The van der Waals surface area contributed by atoms with Crippen LogP contribution in [0.4, 0.5) is 13.2 Å². The van der Waals surface area contributed by atoms with E-state index < -0.39 is 40.1 Å². The molecule has 186 valence electrons. The summed E-state index contributed by atoms with van der Waals surface area (Å²) < 4.78 is 81.9. The van der Waals surface area contributed by atoms with Crippen molar-refractivity contribution in [2.45, 2.75) is 12.3 Å². The maximum Gasteiger partial charge on any atom is 0.426 e. The molecule has 1 unspecified atom stereocenters. The first kappa shape index (κ1) is 28.3. The van der Waals surface area contributed by atoms with E-state index >= 15 is 0 Å². The molecule has 0 aliphatic heterocycles. The lowest BCUT2D eigenvalue weighted by atomic mass is 10.0. The Bertz CT molecular complexity index is 1400. The summed E-state index contributed by atoms with van der Waals surface area (Å²) in [6.07, 6.45) is -8.24. The normalized spacial score (nSPS) is 12.9. The monoisotopic (exact) mass is 846 g/mol. The predicted molar refractivity (Wildman–Crippen MR) is 145 cm³/mol. The van der Waals surface area contributed by atoms with Gasteiger partial charge in [0, 0.05) is 3.57 Å². The number of halogens is 6. The first-order valence-electron chi connectivity index (χ1n) is 9.27. The van der Waals surface area contributed by atoms with E-state index in [0.717, 1.165) is 10.7 Å². The fourth-order valence-electron chi connectivity index (χ4n) is 2.86. The molecule has 0 saturated heterocycles. The Balaban J connectivity index is 1.82. The van der Waals surface area contributed by atoms with Crippen LogP contribution in [0.2, 0.25) is 0 Å². The van der Waals surface area contributed by atoms with Crippen molar-refractivity contribution in [1.29, 1.82) is 0 Å². The van der Waals surface area contributed by atoms with E-state index in [1.165, 1.54) is 36.4 Å². The number of carbonyl (C=O) groups is 2. The molecule has 0 heterocycles. The van der Waals surface area contributed by atoms with Crippen molar-refractivity contribution in [2.24, 2.45) is 0 Å². The number of esters is 2. The Morgan fingerprint density at radius 3 is 1.83 bits per heavy atom. The van der Waals surface area contributed by atoms with Crippen LogP contribution in [-0.4, -0.2) is 42.9 Å². The number of fused-ring (bicyclic) bond motifs is 1. The second kappa shape index (κ2) is 11.0. The third kappa shape index (κ3) is 7.62. The number of benzene rings is 3. The summed E-state index contributed by atoms with van der Waals surface area (Å²) >= 11 is 6.27. The van der Waals surface area contributed by atoms with Gasteiger partial charge in [0.15, 0.2) is 5.75 Å². The van der Waals surface area contributed by atoms with Gasteiger partial charge in [0.2, 0.25) is 6.10 Å². The van der Waals surface area contributed by atoms with Crippen molar-refractivity contribution >= 4 is 101 Å². The fourth-order valence-corrected chi connectivity index (χ4v) is 7.30. The van der Waals surface area contributed by atoms with E-state index in [1.807, 2.05) is 12.1 Å². The van der Waals surface area contributed by atoms with E-state index in [-0.39, 0.29) is 11.1 Å². The number of hydrogen-bond acceptors (Lipinski definition) is 6. The van der Waals surface area contributed by atoms with Gasteiger partial charge in [-0.3, -0.25) is 4.55 Å². The molecular formula is C21H12F3I3O7S. The summed E-state index contributed by atoms with van der Waals surface area (Å²) in [4.78, 5) is 24.9. The SMILES string of the molecule is O=C(Oc1c(I)cc(I)cc1I)c1ccc2cc(C(=O)OC(CS(=O)(=O)O)C(F)(F)F)ccc2c1. The Kier molecular flexibility index (Phi) is 8.91. The summed E-state index contributed by atoms with van der Waals surface area (Å²) in [5.41, 5.74) is -0.0660. The molecule has 3 aromatic rings. The van der Waals surface area contributed by atoms with Gasteiger partial charge in [0.05, 0.1) is 18.3 Å². The summed E-state index contributed by atoms with van der Waals surface area (Å²) in [6.45, 7) is 0. The van der Waals surface area contributed by atoms with Crippen LogP contribution in [0, 0.1) is 10.7 Å². The third-order valence-corrected chi connectivity index (χ3v) is 7.40. The molecule has 0 radical (unpaired) electrons. The smallest absolute Gasteiger partial charge is 0.426 e. The molecule has 7 nitrogen and oxygen atoms in total. The molecule has 0 spiro atoms. The average molecular weight is 846 g/mol. The lowest BCUT2D eigenvalue weighted by Crippen LogP contribution is -2.39. The van der Waals surface area contributed by atoms with Gasteiger partial charge in [-0.25, -0.2) is 9.59 Å². The maximum absolute atomic E-state index is 13.0. The minimum Gasteiger partial charge on any atom is -0.448 e. The summed E-state index contributed by atoms with van der Waals surface area (Å²) in [6, 6.07) is 11.9. The quantitative estimate of drug-likeness (QED) is 0.144. The maximum atomic E-state index is 13.0. The van der Waals surface area contributed by atoms with E-state index in [0.29, 0.717) is 16.5 Å². The van der Waals surface area contributed by atoms with Gasteiger partial charge < -0.3 is 9.47 Å². The molecule has 0 aromatic heterocycles. The van der Waals surface area contributed by atoms with Gasteiger partial charge in [-0.2, -0.15) is 21.6 Å². The summed E-state index contributed by atoms with van der Waals surface area (Å²) in [7, 11) is -5.05. The molecule has 1 atom stereocenters. The van der Waals surface area contributed by atoms with Crippen molar-refractivity contribution in [3.63, 3.8) is 0 Å². The standard InChI is InChI=1S/C21H12F3I3O7S/c22-21(23,24)17(9-35(30,31)32)33-19(28)12-3-1-11-6-13(4-2-10(11)5-12)20(29)34-18-15(26)7-14(25)8-16(18)27/h1-8,17H,9H2,(H,30,31,32). The topological polar surface area (TPSA) is 107 Å². The van der Waals surface area contributed by atoms with Crippen molar-refractivity contribution in [2.75, 3.05) is 5.75 Å². The van der Waals surface area contributed by atoms with Crippen LogP contribution >= 0.6 is 67.8 Å². The number of hydrogen-bond donors (Lipinski definition) is 1. The van der Waals surface area contributed by atoms with E-state index in [4.69, 9.17) is 9.29 Å². The van der Waals surface area contributed by atoms with Crippen LogP contribution in [-0.2, 0) is 14.9 Å². The summed E-state index contributed by atoms with van der Waals surface area (Å²) in [5.74, 6) is -3.45. The second-order valence-electron chi connectivity index (χ2n) is 7.05. The first-order chi connectivity index (χ1) is 16.1. The lowest BCUT2D eigenvalue weighted by Gasteiger charge is -2.19. The Morgan fingerprint density at radius 1 is 0.886 bits per heavy atom. The number of ether oxygens (including phenoxy) is 2. The molecule has 0 aliphatic rings. The van der Waals surface area contributed by atoms with Gasteiger partial charge in [0.25, 0.3) is 10.1 Å². The van der Waals surface area contributed by atoms with Gasteiger partial charge in [0.1, 0.15) is 5.75 Å². The van der Waals surface area contributed by atoms with Crippen molar-refractivity contribution in [1.82, 2.24) is 0 Å². The Hall–Kier alpha value is -1.25. The molecule has 0 fully saturated rings. The highest BCUT2D eigenvalue weighted by molar-refractivity contribution is 14.1. The fraction of sp³-hybridized carbons (Fsp3) is 0.143. The van der Waals surface area contributed by atoms with Crippen LogP contribution in [0.3, 0.4) is 0 Å². The molecule has 0 aliphatic carbocycles. The summed E-state index contributed by atoms with van der Waals surface area (Å²) in [5, 5.41) is 0.904. The zero-order chi connectivity index (χ0) is 26.1. The largest absolute Gasteiger partial charge is 0.448 e. The lowest BCUT2D eigenvalue weighted by molar-refractivity contribution is -0.197. The van der Waals surface area contributed by atoms with Crippen LogP contribution in [0.25, 0.3) is 10.8 Å². The van der Waals surface area contributed by atoms with Crippen LogP contribution < -0.4 is 4.74 Å². The average Bonchev–Trinajstić information content (AvgIpc) is 2.73. The molecule has 0 amide bonds. The minimum atomic E-state index is -5.20. The molecule has 3 rings (SSSR count). The van der Waals surface area contributed by atoms with Crippen LogP contribution in [0.1, 0.15) is 20.7 Å². The molecule has 1 N–H and O–H groups in total. The van der Waals surface area contributed by atoms with E-state index in [1.54, 1.807) is 0 Å². The Morgan fingerprint density at radius 2 is 1.37 bits per heavy atom. The van der Waals surface area contributed by atoms with Gasteiger partial charge in [-0.05, 0) is 115 Å². The van der Waals surface area contributed by atoms with Crippen molar-refractivity contribution < 1.29 is 45.2 Å². The molecular weight excluding hydrogens is 834 g/mol. The van der Waals surface area contributed by atoms with E-state index in [9.17, 15) is 31.2 Å². The van der Waals surface area contributed by atoms with Crippen LogP contribution in [0.15, 0.2) is 48.5 Å². The molecule has 0 saturated carbocycles. The zero-order valence-corrected chi connectivity index (χ0v) is 24.3. The van der Waals surface area contributed by atoms with Gasteiger partial charge in [-0.15, -0.1) is 0 Å². The highest BCUT2D eigenvalue weighted by Gasteiger charge is 2.45. The molecule has 0 bridgehead atoms. The number of carbonyl (C=O) groups excluding carboxylic acids is 2. The predicted octanol–water partition coefficient (Wildman–Crippen LogP) is 5.85. The van der Waals surface area contributed by atoms with Crippen LogP contribution in [0.5, 0.6) is 5.75 Å². The molecule has 35 heavy (non-hydrogen) atoms. The zero-order valence-electron chi connectivity index (χ0n) is 17.0.